The van der Waals surface area contributed by atoms with Crippen molar-refractivity contribution in [3.05, 3.63) is 35.9 Å². The number of rotatable bonds is 5. The van der Waals surface area contributed by atoms with E-state index < -0.39 is 34.1 Å². The van der Waals surface area contributed by atoms with Gasteiger partial charge in [0.25, 0.3) is 0 Å². The van der Waals surface area contributed by atoms with Crippen LogP contribution in [-0.4, -0.2) is 39.6 Å². The van der Waals surface area contributed by atoms with Gasteiger partial charge in [0, 0.05) is 6.26 Å². The molecule has 0 spiro atoms. The van der Waals surface area contributed by atoms with Crippen LogP contribution >= 0.6 is 0 Å². The average molecular weight is 358 g/mol. The number of benzene rings is 1. The van der Waals surface area contributed by atoms with E-state index in [0.29, 0.717) is 5.56 Å². The van der Waals surface area contributed by atoms with Crippen molar-refractivity contribution in [1.82, 2.24) is 0 Å². The smallest absolute Gasteiger partial charge is 0.338 e. The molecule has 0 bridgehead atoms. The van der Waals surface area contributed by atoms with Crippen LogP contribution in [0.15, 0.2) is 35.2 Å². The van der Waals surface area contributed by atoms with E-state index in [1.54, 1.807) is 6.92 Å². The number of carbonyl (C=O) groups excluding carboxylic acids is 1. The van der Waals surface area contributed by atoms with Crippen molar-refractivity contribution in [1.29, 1.82) is 0 Å². The summed E-state index contributed by atoms with van der Waals surface area (Å²) in [4.78, 5) is 12.3. The van der Waals surface area contributed by atoms with E-state index >= 15 is 0 Å². The Morgan fingerprint density at radius 1 is 1.21 bits per heavy atom. The largest absolute Gasteiger partial charge is 0.462 e. The Labute approximate surface area is 140 Å². The molecule has 4 nitrogen and oxygen atoms in total. The third-order valence-electron chi connectivity index (χ3n) is 3.94. The number of alkyl halides is 2. The lowest BCUT2D eigenvalue weighted by Crippen LogP contribution is -2.09. The molecule has 1 aromatic rings. The molecule has 0 amide bonds. The Hall–Kier alpha value is -1.76. The molecule has 1 unspecified atom stereocenters. The Kier molecular flexibility index (Phi) is 5.74. The van der Waals surface area contributed by atoms with E-state index in [9.17, 15) is 22.0 Å². The summed E-state index contributed by atoms with van der Waals surface area (Å²) >= 11 is 0. The molecule has 0 N–H and O–H groups in total. The monoisotopic (exact) mass is 358 g/mol. The molecule has 3 atom stereocenters. The maximum Gasteiger partial charge on any atom is 0.338 e. The number of halogens is 2. The van der Waals surface area contributed by atoms with Gasteiger partial charge in [0.05, 0.1) is 17.1 Å². The fourth-order valence-electron chi connectivity index (χ4n) is 2.71. The van der Waals surface area contributed by atoms with Crippen LogP contribution in [0, 0.1) is 5.92 Å². The quantitative estimate of drug-likeness (QED) is 0.599. The van der Waals surface area contributed by atoms with Crippen LogP contribution in [0.5, 0.6) is 0 Å². The summed E-state index contributed by atoms with van der Waals surface area (Å²) in [6, 6.07) is 5.77. The number of ether oxygens (including phenoxy) is 1. The number of hydrogen-bond acceptors (Lipinski definition) is 4. The molecular formula is C17H20F2O4S. The van der Waals surface area contributed by atoms with Crippen LogP contribution < -0.4 is 0 Å². The van der Waals surface area contributed by atoms with Crippen molar-refractivity contribution in [2.75, 3.05) is 12.9 Å². The zero-order valence-electron chi connectivity index (χ0n) is 13.5. The molecule has 1 fully saturated rings. The molecule has 0 heterocycles. The standard InChI is InChI=1S/C17H20F2O4S/c1-3-23-17(20)14(8-11-9-15(18)16(19)10-11)12-4-6-13(7-5-12)24(2,21)22/h4-8,11,15-16H,3,9-10H2,1-2H3/b14-8+/t11?,15-,16+. The number of carbonyl (C=O) groups is 1. The van der Waals surface area contributed by atoms with Crippen molar-refractivity contribution in [3.8, 4) is 0 Å². The number of sulfone groups is 1. The highest BCUT2D eigenvalue weighted by atomic mass is 32.2. The summed E-state index contributed by atoms with van der Waals surface area (Å²) < 4.78 is 54.8. The molecule has 0 aromatic heterocycles. The van der Waals surface area contributed by atoms with Crippen molar-refractivity contribution in [2.45, 2.75) is 37.0 Å². The SMILES string of the molecule is CCOC(=O)/C(=C/C1C[C@@H](F)[C@@H](F)C1)c1ccc(S(C)(=O)=O)cc1. The molecule has 132 valence electrons. The Morgan fingerprint density at radius 3 is 2.21 bits per heavy atom. The fourth-order valence-corrected chi connectivity index (χ4v) is 3.34. The summed E-state index contributed by atoms with van der Waals surface area (Å²) in [5.74, 6) is -0.994. The van der Waals surface area contributed by atoms with E-state index in [1.807, 2.05) is 0 Å². The Morgan fingerprint density at radius 2 is 1.75 bits per heavy atom. The van der Waals surface area contributed by atoms with E-state index in [4.69, 9.17) is 4.74 Å². The van der Waals surface area contributed by atoms with Crippen molar-refractivity contribution in [2.24, 2.45) is 5.92 Å². The minimum atomic E-state index is -3.35. The highest BCUT2D eigenvalue weighted by Crippen LogP contribution is 2.34. The van der Waals surface area contributed by atoms with Gasteiger partial charge in [0.2, 0.25) is 0 Å². The van der Waals surface area contributed by atoms with Gasteiger partial charge in [-0.05, 0) is 43.4 Å². The highest BCUT2D eigenvalue weighted by molar-refractivity contribution is 7.90. The summed E-state index contributed by atoms with van der Waals surface area (Å²) in [7, 11) is -3.35. The minimum Gasteiger partial charge on any atom is -0.462 e. The molecule has 7 heteroatoms. The van der Waals surface area contributed by atoms with Gasteiger partial charge in [0.1, 0.15) is 12.3 Å². The Balaban J connectivity index is 2.34. The van der Waals surface area contributed by atoms with Crippen molar-refractivity contribution in [3.63, 3.8) is 0 Å². The summed E-state index contributed by atoms with van der Waals surface area (Å²) in [5.41, 5.74) is 0.654. The molecule has 1 saturated carbocycles. The predicted molar refractivity (Wildman–Crippen MR) is 86.7 cm³/mol. The first kappa shape index (κ1) is 18.6. The zero-order chi connectivity index (χ0) is 17.9. The third-order valence-corrected chi connectivity index (χ3v) is 5.07. The van der Waals surface area contributed by atoms with Gasteiger partial charge < -0.3 is 4.74 Å². The molecule has 0 saturated heterocycles. The molecule has 2 rings (SSSR count). The van der Waals surface area contributed by atoms with E-state index in [0.717, 1.165) is 6.26 Å². The number of allylic oxidation sites excluding steroid dienone is 1. The minimum absolute atomic E-state index is 0.0193. The van der Waals surface area contributed by atoms with Gasteiger partial charge in [-0.15, -0.1) is 0 Å². The Bertz CT molecular complexity index is 715. The van der Waals surface area contributed by atoms with Crippen molar-refractivity contribution < 1.29 is 26.7 Å². The second kappa shape index (κ2) is 7.42. The van der Waals surface area contributed by atoms with Crippen LogP contribution in [0.25, 0.3) is 5.57 Å². The third kappa shape index (κ3) is 4.41. The number of hydrogen-bond donors (Lipinski definition) is 0. The lowest BCUT2D eigenvalue weighted by molar-refractivity contribution is -0.136. The number of esters is 1. The summed E-state index contributed by atoms with van der Waals surface area (Å²) in [5, 5.41) is 0. The maximum absolute atomic E-state index is 13.4. The lowest BCUT2D eigenvalue weighted by Gasteiger charge is -2.11. The molecule has 1 aromatic carbocycles. The molecule has 0 radical (unpaired) electrons. The van der Waals surface area contributed by atoms with Gasteiger partial charge >= 0.3 is 5.97 Å². The average Bonchev–Trinajstić information content (AvgIpc) is 2.82. The lowest BCUT2D eigenvalue weighted by atomic mass is 9.98. The summed E-state index contributed by atoms with van der Waals surface area (Å²) in [6.07, 6.45) is -0.397. The van der Waals surface area contributed by atoms with Crippen molar-refractivity contribution >= 4 is 21.4 Å². The topological polar surface area (TPSA) is 60.4 Å². The van der Waals surface area contributed by atoms with E-state index in [1.165, 1.54) is 30.3 Å². The first-order chi connectivity index (χ1) is 11.2. The van der Waals surface area contributed by atoms with Gasteiger partial charge in [-0.3, -0.25) is 0 Å². The van der Waals surface area contributed by atoms with Crippen LogP contribution in [-0.2, 0) is 19.4 Å². The molecule has 0 aliphatic heterocycles. The molecular weight excluding hydrogens is 338 g/mol. The van der Waals surface area contributed by atoms with Crippen LogP contribution in [0.4, 0.5) is 8.78 Å². The van der Waals surface area contributed by atoms with Gasteiger partial charge in [-0.25, -0.2) is 22.0 Å². The van der Waals surface area contributed by atoms with Crippen LogP contribution in [0.3, 0.4) is 0 Å². The first-order valence-corrected chi connectivity index (χ1v) is 9.59. The maximum atomic E-state index is 13.4. The fraction of sp³-hybridized carbons (Fsp3) is 0.471. The van der Waals surface area contributed by atoms with Gasteiger partial charge in [0.15, 0.2) is 9.84 Å². The normalized spacial score (nSPS) is 24.8. The molecule has 1 aliphatic carbocycles. The van der Waals surface area contributed by atoms with Gasteiger partial charge in [-0.2, -0.15) is 0 Å². The van der Waals surface area contributed by atoms with Gasteiger partial charge in [-0.1, -0.05) is 18.2 Å². The highest BCUT2D eigenvalue weighted by Gasteiger charge is 2.34. The first-order valence-electron chi connectivity index (χ1n) is 7.70. The van der Waals surface area contributed by atoms with Crippen LogP contribution in [0.1, 0.15) is 25.3 Å². The van der Waals surface area contributed by atoms with E-state index in [-0.39, 0.29) is 29.9 Å². The predicted octanol–water partition coefficient (Wildman–Crippen LogP) is 3.12. The van der Waals surface area contributed by atoms with E-state index in [2.05, 4.69) is 0 Å². The summed E-state index contributed by atoms with van der Waals surface area (Å²) in [6.45, 7) is 1.83. The molecule has 24 heavy (non-hydrogen) atoms. The zero-order valence-corrected chi connectivity index (χ0v) is 14.4. The van der Waals surface area contributed by atoms with Crippen LogP contribution in [0.2, 0.25) is 0 Å². The molecule has 1 aliphatic rings. The second-order valence-electron chi connectivity index (χ2n) is 5.86. The second-order valence-corrected chi connectivity index (χ2v) is 7.88.